The number of nitrogens with one attached hydrogen (secondary N) is 2. The van der Waals surface area contributed by atoms with Crippen molar-refractivity contribution < 1.29 is 22.8 Å². The van der Waals surface area contributed by atoms with Gasteiger partial charge in [-0.1, -0.05) is 12.8 Å². The van der Waals surface area contributed by atoms with Crippen LogP contribution in [0.4, 0.5) is 23.7 Å². The third-order valence-electron chi connectivity index (χ3n) is 7.61. The van der Waals surface area contributed by atoms with Gasteiger partial charge in [0.15, 0.2) is 0 Å². The van der Waals surface area contributed by atoms with E-state index < -0.39 is 23.3 Å². The minimum Gasteiger partial charge on any atom is -0.359 e. The van der Waals surface area contributed by atoms with Gasteiger partial charge in [0, 0.05) is 38.4 Å². The first kappa shape index (κ1) is 24.2. The standard InChI is InChI=1S/C24H30F3N5O2/c1-29-21(33)20-13-23(8-10-31(11-9-23)22(34)30-17-4-2-3-5-17)15-32(20)18-7-6-16(14-28)19(12-18)24(25,26)27/h6-7,12,17,20H,2-5,8-11,13,15H2,1H3,(H,29,33)(H,30,34). The summed E-state index contributed by atoms with van der Waals surface area (Å²) in [6.07, 6.45) is 1.49. The molecule has 0 aromatic heterocycles. The number of rotatable bonds is 3. The molecule has 2 N–H and O–H groups in total. The van der Waals surface area contributed by atoms with Crippen LogP contribution in [-0.4, -0.2) is 55.6 Å². The summed E-state index contributed by atoms with van der Waals surface area (Å²) in [4.78, 5) is 28.9. The number of carbonyl (C=O) groups is 2. The van der Waals surface area contributed by atoms with Crippen molar-refractivity contribution in [2.24, 2.45) is 5.41 Å². The van der Waals surface area contributed by atoms with E-state index in [0.717, 1.165) is 31.7 Å². The second kappa shape index (κ2) is 9.35. The number of hydrogen-bond acceptors (Lipinski definition) is 4. The molecule has 1 saturated carbocycles. The number of benzene rings is 1. The lowest BCUT2D eigenvalue weighted by Crippen LogP contribution is -2.50. The van der Waals surface area contributed by atoms with Crippen LogP contribution < -0.4 is 15.5 Å². The minimum absolute atomic E-state index is 0.0543. The van der Waals surface area contributed by atoms with Crippen molar-refractivity contribution in [1.82, 2.24) is 15.5 Å². The average molecular weight is 478 g/mol. The molecular formula is C24H30F3N5O2. The molecule has 2 aliphatic heterocycles. The molecule has 1 atom stereocenters. The molecule has 0 radical (unpaired) electrons. The molecule has 3 aliphatic rings. The van der Waals surface area contributed by atoms with Crippen LogP contribution in [0.25, 0.3) is 0 Å². The molecule has 2 saturated heterocycles. The number of carbonyl (C=O) groups excluding carboxylic acids is 2. The maximum atomic E-state index is 13.5. The Labute approximate surface area is 197 Å². The summed E-state index contributed by atoms with van der Waals surface area (Å²) in [6.45, 7) is 1.52. The normalized spacial score (nSPS) is 22.6. The SMILES string of the molecule is CNC(=O)C1CC2(CCN(C(=O)NC3CCCC3)CC2)CN1c1ccc(C#N)c(C(F)(F)F)c1. The molecule has 1 aliphatic carbocycles. The average Bonchev–Trinajstić information content (AvgIpc) is 3.46. The van der Waals surface area contributed by atoms with E-state index in [4.69, 9.17) is 5.26 Å². The maximum Gasteiger partial charge on any atom is 0.417 e. The third kappa shape index (κ3) is 4.79. The van der Waals surface area contributed by atoms with Gasteiger partial charge in [-0.3, -0.25) is 4.79 Å². The zero-order valence-electron chi connectivity index (χ0n) is 19.2. The second-order valence-electron chi connectivity index (χ2n) is 9.72. The molecule has 4 rings (SSSR count). The molecule has 34 heavy (non-hydrogen) atoms. The Morgan fingerprint density at radius 2 is 1.85 bits per heavy atom. The highest BCUT2D eigenvalue weighted by molar-refractivity contribution is 5.86. The zero-order valence-corrected chi connectivity index (χ0v) is 19.2. The van der Waals surface area contributed by atoms with Crippen molar-refractivity contribution in [3.63, 3.8) is 0 Å². The van der Waals surface area contributed by atoms with Crippen LogP contribution in [0.15, 0.2) is 18.2 Å². The minimum atomic E-state index is -4.67. The highest BCUT2D eigenvalue weighted by Crippen LogP contribution is 2.46. The van der Waals surface area contributed by atoms with Crippen molar-refractivity contribution in [3.05, 3.63) is 29.3 Å². The lowest BCUT2D eigenvalue weighted by molar-refractivity contribution is -0.137. The topological polar surface area (TPSA) is 88.5 Å². The number of anilines is 1. The number of halogens is 3. The van der Waals surface area contributed by atoms with E-state index in [9.17, 15) is 22.8 Å². The molecule has 10 heteroatoms. The molecule has 1 aromatic rings. The Morgan fingerprint density at radius 3 is 2.44 bits per heavy atom. The molecule has 1 unspecified atom stereocenters. The highest BCUT2D eigenvalue weighted by Gasteiger charge is 2.49. The van der Waals surface area contributed by atoms with Gasteiger partial charge in [0.1, 0.15) is 6.04 Å². The van der Waals surface area contributed by atoms with Gasteiger partial charge < -0.3 is 20.4 Å². The fourth-order valence-electron chi connectivity index (χ4n) is 5.65. The molecular weight excluding hydrogens is 447 g/mol. The van der Waals surface area contributed by atoms with E-state index in [1.54, 1.807) is 11.0 Å². The Hall–Kier alpha value is -2.96. The Bertz CT molecular complexity index is 976. The van der Waals surface area contributed by atoms with Crippen LogP contribution in [0.3, 0.4) is 0 Å². The number of likely N-dealkylation sites (tertiary alicyclic amines) is 1. The van der Waals surface area contributed by atoms with Crippen LogP contribution in [0.5, 0.6) is 0 Å². The number of nitrogens with zero attached hydrogens (tertiary/aromatic N) is 3. The lowest BCUT2D eigenvalue weighted by atomic mass is 9.76. The molecule has 2 heterocycles. The molecule has 184 valence electrons. The van der Waals surface area contributed by atoms with Crippen LogP contribution >= 0.6 is 0 Å². The number of nitriles is 1. The summed E-state index contributed by atoms with van der Waals surface area (Å²) in [5.41, 5.74) is -1.43. The number of alkyl halides is 3. The molecule has 0 bridgehead atoms. The summed E-state index contributed by atoms with van der Waals surface area (Å²) in [6, 6.07) is 4.79. The monoisotopic (exact) mass is 477 g/mol. The van der Waals surface area contributed by atoms with E-state index in [0.29, 0.717) is 38.9 Å². The van der Waals surface area contributed by atoms with Gasteiger partial charge >= 0.3 is 12.2 Å². The first-order chi connectivity index (χ1) is 16.2. The number of likely N-dealkylation sites (N-methyl/N-ethyl adjacent to an activating group) is 1. The van der Waals surface area contributed by atoms with Gasteiger partial charge in [0.25, 0.3) is 0 Å². The number of amides is 3. The van der Waals surface area contributed by atoms with Gasteiger partial charge in [-0.2, -0.15) is 18.4 Å². The van der Waals surface area contributed by atoms with Gasteiger partial charge in [0.2, 0.25) is 5.91 Å². The van der Waals surface area contributed by atoms with Gasteiger partial charge in [-0.25, -0.2) is 4.79 Å². The van der Waals surface area contributed by atoms with Gasteiger partial charge in [0.05, 0.1) is 17.2 Å². The quantitative estimate of drug-likeness (QED) is 0.696. The summed E-state index contributed by atoms with van der Waals surface area (Å²) < 4.78 is 40.6. The fraction of sp³-hybridized carbons (Fsp3) is 0.625. The number of piperidine rings is 1. The number of hydrogen-bond donors (Lipinski definition) is 2. The summed E-state index contributed by atoms with van der Waals surface area (Å²) in [7, 11) is 1.52. The first-order valence-corrected chi connectivity index (χ1v) is 11.8. The smallest absolute Gasteiger partial charge is 0.359 e. The third-order valence-corrected chi connectivity index (χ3v) is 7.61. The van der Waals surface area contributed by atoms with Crippen LogP contribution in [0.1, 0.15) is 56.1 Å². The first-order valence-electron chi connectivity index (χ1n) is 11.8. The predicted octanol–water partition coefficient (Wildman–Crippen LogP) is 3.64. The summed E-state index contributed by atoms with van der Waals surface area (Å²) >= 11 is 0. The Balaban J connectivity index is 1.51. The summed E-state index contributed by atoms with van der Waals surface area (Å²) in [5, 5.41) is 14.9. The van der Waals surface area contributed by atoms with Crippen molar-refractivity contribution in [1.29, 1.82) is 5.26 Å². The van der Waals surface area contributed by atoms with Crippen molar-refractivity contribution >= 4 is 17.6 Å². The summed E-state index contributed by atoms with van der Waals surface area (Å²) in [5.74, 6) is -0.254. The van der Waals surface area contributed by atoms with Gasteiger partial charge in [-0.15, -0.1) is 0 Å². The van der Waals surface area contributed by atoms with Crippen molar-refractivity contribution in [3.8, 4) is 6.07 Å². The number of urea groups is 1. The van der Waals surface area contributed by atoms with Crippen LogP contribution in [0.2, 0.25) is 0 Å². The largest absolute Gasteiger partial charge is 0.417 e. The van der Waals surface area contributed by atoms with Crippen LogP contribution in [0, 0.1) is 16.7 Å². The molecule has 7 nitrogen and oxygen atoms in total. The molecule has 3 fully saturated rings. The molecule has 1 spiro atoms. The van der Waals surface area contributed by atoms with E-state index in [1.807, 2.05) is 4.90 Å². The lowest BCUT2D eigenvalue weighted by Gasteiger charge is -2.39. The van der Waals surface area contributed by atoms with E-state index in [1.165, 1.54) is 19.2 Å². The second-order valence-corrected chi connectivity index (χ2v) is 9.72. The zero-order chi connectivity index (χ0) is 24.5. The van der Waals surface area contributed by atoms with E-state index in [-0.39, 0.29) is 29.1 Å². The predicted molar refractivity (Wildman–Crippen MR) is 120 cm³/mol. The Kier molecular flexibility index (Phi) is 6.65. The van der Waals surface area contributed by atoms with Crippen LogP contribution in [-0.2, 0) is 11.0 Å². The molecule has 3 amide bonds. The van der Waals surface area contributed by atoms with E-state index in [2.05, 4.69) is 10.6 Å². The van der Waals surface area contributed by atoms with Gasteiger partial charge in [-0.05, 0) is 55.7 Å². The maximum absolute atomic E-state index is 13.5. The van der Waals surface area contributed by atoms with Crippen molar-refractivity contribution in [2.45, 2.75) is 63.2 Å². The van der Waals surface area contributed by atoms with Crippen molar-refractivity contribution in [2.75, 3.05) is 31.6 Å². The molecule has 1 aromatic carbocycles. The fourth-order valence-corrected chi connectivity index (χ4v) is 5.65. The highest BCUT2D eigenvalue weighted by atomic mass is 19.4. The Morgan fingerprint density at radius 1 is 1.18 bits per heavy atom. The van der Waals surface area contributed by atoms with E-state index >= 15 is 0 Å².